The van der Waals surface area contributed by atoms with Crippen LogP contribution in [0.15, 0.2) is 36.4 Å². The zero-order chi connectivity index (χ0) is 17.3. The second kappa shape index (κ2) is 6.75. The van der Waals surface area contributed by atoms with E-state index < -0.39 is 0 Å². The first-order chi connectivity index (χ1) is 11.5. The van der Waals surface area contributed by atoms with E-state index in [4.69, 9.17) is 0 Å². The lowest BCUT2D eigenvalue weighted by molar-refractivity contribution is -0.682. The van der Waals surface area contributed by atoms with Gasteiger partial charge in [-0.15, -0.1) is 0 Å². The molecule has 0 aliphatic heterocycles. The molecular weight excluding hydrogens is 312 g/mol. The molecule has 0 radical (unpaired) electrons. The summed E-state index contributed by atoms with van der Waals surface area (Å²) in [6.07, 6.45) is 2.13. The standard InChI is InChI=1S/C21H23N2S/c1-15-10-9-11-16(2)20(15)21-22(14-19-12-7-6-8-13-19)17(3)18(4)23(21)24-5/h6-8,10,12-13H,14H2,1-5H3/q+1. The zero-order valence-electron chi connectivity index (χ0n) is 15.0. The van der Waals surface area contributed by atoms with E-state index in [0.717, 1.165) is 12.1 Å². The number of hydrogen-bond acceptors (Lipinski definition) is 1. The number of imidazole rings is 1. The van der Waals surface area contributed by atoms with Gasteiger partial charge in [-0.3, -0.25) is 0 Å². The van der Waals surface area contributed by atoms with Gasteiger partial charge >= 0.3 is 5.82 Å². The van der Waals surface area contributed by atoms with E-state index >= 15 is 0 Å². The molecule has 0 saturated heterocycles. The average Bonchev–Trinajstić information content (AvgIpc) is 2.80. The molecule has 122 valence electrons. The third-order valence-electron chi connectivity index (χ3n) is 4.59. The van der Waals surface area contributed by atoms with Crippen molar-refractivity contribution in [3.63, 3.8) is 0 Å². The maximum atomic E-state index is 3.25. The van der Waals surface area contributed by atoms with Crippen molar-refractivity contribution in [2.75, 3.05) is 6.26 Å². The van der Waals surface area contributed by atoms with Crippen LogP contribution in [0.25, 0.3) is 11.4 Å². The monoisotopic (exact) mass is 335 g/mol. The number of hydrogen-bond donors (Lipinski definition) is 0. The van der Waals surface area contributed by atoms with Gasteiger partial charge in [-0.1, -0.05) is 42.5 Å². The Kier molecular flexibility index (Phi) is 4.69. The van der Waals surface area contributed by atoms with Gasteiger partial charge in [0.1, 0.15) is 12.2 Å². The topological polar surface area (TPSA) is 8.81 Å². The van der Waals surface area contributed by atoms with Gasteiger partial charge in [0.15, 0.2) is 5.69 Å². The SMILES string of the molecule is CSn1c(C)c(C)[n+](Cc2ccccc2)c1-c1c(C)c#ccc1C. The van der Waals surface area contributed by atoms with E-state index in [-0.39, 0.29) is 0 Å². The lowest BCUT2D eigenvalue weighted by Crippen LogP contribution is -2.38. The first kappa shape index (κ1) is 16.7. The molecule has 24 heavy (non-hydrogen) atoms. The van der Waals surface area contributed by atoms with E-state index in [1.54, 1.807) is 11.9 Å². The highest BCUT2D eigenvalue weighted by Crippen LogP contribution is 2.29. The highest BCUT2D eigenvalue weighted by atomic mass is 32.2. The van der Waals surface area contributed by atoms with Crippen LogP contribution in [0.2, 0.25) is 0 Å². The Balaban J connectivity index is 2.26. The van der Waals surface area contributed by atoms with E-state index in [1.165, 1.54) is 33.9 Å². The molecule has 3 heteroatoms. The molecule has 2 aromatic carbocycles. The lowest BCUT2D eigenvalue weighted by Gasteiger charge is -2.08. The van der Waals surface area contributed by atoms with E-state index in [1.807, 2.05) is 6.07 Å². The maximum Gasteiger partial charge on any atom is 0.302 e. The van der Waals surface area contributed by atoms with Crippen molar-refractivity contribution in [3.05, 3.63) is 76.6 Å². The van der Waals surface area contributed by atoms with Crippen LogP contribution in [0.1, 0.15) is 28.1 Å². The Hall–Kier alpha value is -2.18. The molecule has 0 spiro atoms. The second-order valence-corrected chi connectivity index (χ2v) is 6.87. The van der Waals surface area contributed by atoms with Gasteiger partial charge in [-0.05, 0) is 31.0 Å². The minimum atomic E-state index is 0.869. The largest absolute Gasteiger partial charge is 0.302 e. The normalized spacial score (nSPS) is 10.7. The van der Waals surface area contributed by atoms with Crippen LogP contribution in [-0.2, 0) is 6.54 Å². The minimum absolute atomic E-state index is 0.869. The molecule has 0 bridgehead atoms. The zero-order valence-corrected chi connectivity index (χ0v) is 15.8. The predicted molar refractivity (Wildman–Crippen MR) is 101 cm³/mol. The Bertz CT molecular complexity index is 843. The molecule has 1 heterocycles. The summed E-state index contributed by atoms with van der Waals surface area (Å²) in [5, 5.41) is 0. The van der Waals surface area contributed by atoms with Crippen molar-refractivity contribution in [2.45, 2.75) is 34.2 Å². The van der Waals surface area contributed by atoms with E-state index in [9.17, 15) is 0 Å². The fourth-order valence-corrected chi connectivity index (χ4v) is 3.98. The molecule has 0 aliphatic carbocycles. The van der Waals surface area contributed by atoms with Crippen LogP contribution < -0.4 is 4.57 Å². The third kappa shape index (κ3) is 2.83. The van der Waals surface area contributed by atoms with Gasteiger partial charge in [-0.2, -0.15) is 3.97 Å². The first-order valence-electron chi connectivity index (χ1n) is 8.14. The maximum absolute atomic E-state index is 3.25. The molecule has 0 fully saturated rings. The van der Waals surface area contributed by atoms with Gasteiger partial charge < -0.3 is 0 Å². The molecule has 0 unspecified atom stereocenters. The molecule has 3 aromatic rings. The fraction of sp³-hybridized carbons (Fsp3) is 0.286. The molecule has 0 atom stereocenters. The van der Waals surface area contributed by atoms with Crippen molar-refractivity contribution in [1.29, 1.82) is 0 Å². The van der Waals surface area contributed by atoms with Crippen molar-refractivity contribution in [1.82, 2.24) is 3.97 Å². The lowest BCUT2D eigenvalue weighted by atomic mass is 10.0. The molecule has 0 N–H and O–H groups in total. The summed E-state index contributed by atoms with van der Waals surface area (Å²) in [6, 6.07) is 19.0. The molecule has 1 aromatic heterocycles. The number of benzene rings is 1. The molecule has 0 aliphatic rings. The molecule has 0 saturated carbocycles. The summed E-state index contributed by atoms with van der Waals surface area (Å²) in [4.78, 5) is 0. The molecule has 3 rings (SSSR count). The van der Waals surface area contributed by atoms with Crippen molar-refractivity contribution >= 4 is 11.9 Å². The van der Waals surface area contributed by atoms with Crippen molar-refractivity contribution in [2.24, 2.45) is 0 Å². The van der Waals surface area contributed by atoms with Crippen LogP contribution in [0.5, 0.6) is 0 Å². The van der Waals surface area contributed by atoms with Crippen LogP contribution in [-0.4, -0.2) is 10.2 Å². The van der Waals surface area contributed by atoms with Crippen molar-refractivity contribution in [3.8, 4) is 11.4 Å². The number of aromatic nitrogens is 2. The summed E-state index contributed by atoms with van der Waals surface area (Å²) in [5.74, 6) is 1.24. The summed E-state index contributed by atoms with van der Waals surface area (Å²) >= 11 is 1.75. The van der Waals surface area contributed by atoms with Gasteiger partial charge in [0.05, 0.1) is 17.5 Å². The highest BCUT2D eigenvalue weighted by molar-refractivity contribution is 7.97. The van der Waals surface area contributed by atoms with Crippen LogP contribution in [0, 0.1) is 39.8 Å². The summed E-state index contributed by atoms with van der Waals surface area (Å²) in [5.41, 5.74) is 7.54. The van der Waals surface area contributed by atoms with Crippen LogP contribution in [0.4, 0.5) is 0 Å². The number of aryl methyl sites for hydroxylation is 1. The average molecular weight is 335 g/mol. The number of rotatable bonds is 4. The third-order valence-corrected chi connectivity index (χ3v) is 5.40. The summed E-state index contributed by atoms with van der Waals surface area (Å²) in [6.45, 7) is 9.54. The van der Waals surface area contributed by atoms with E-state index in [0.29, 0.717) is 0 Å². The van der Waals surface area contributed by atoms with Crippen LogP contribution >= 0.6 is 11.9 Å². The van der Waals surface area contributed by atoms with E-state index in [2.05, 4.69) is 85.0 Å². The Morgan fingerprint density at radius 1 is 1.08 bits per heavy atom. The predicted octanol–water partition coefficient (Wildman–Crippen LogP) is 4.45. The van der Waals surface area contributed by atoms with Gasteiger partial charge in [0.2, 0.25) is 0 Å². The quantitative estimate of drug-likeness (QED) is 0.640. The summed E-state index contributed by atoms with van der Waals surface area (Å²) < 4.78 is 4.76. The van der Waals surface area contributed by atoms with Gasteiger partial charge in [0.25, 0.3) is 0 Å². The van der Waals surface area contributed by atoms with Crippen LogP contribution in [0.3, 0.4) is 0 Å². The number of nitrogens with zero attached hydrogens (tertiary/aromatic N) is 2. The smallest absolute Gasteiger partial charge is 0.222 e. The van der Waals surface area contributed by atoms with Gasteiger partial charge in [0, 0.05) is 25.7 Å². The Morgan fingerprint density at radius 3 is 2.42 bits per heavy atom. The molecule has 2 nitrogen and oxygen atoms in total. The Morgan fingerprint density at radius 2 is 1.79 bits per heavy atom. The van der Waals surface area contributed by atoms with Gasteiger partial charge in [-0.25, -0.2) is 4.57 Å². The second-order valence-electron chi connectivity index (χ2n) is 6.14. The first-order valence-corrected chi connectivity index (χ1v) is 9.32. The molecular formula is C21H23N2S+. The molecule has 0 amide bonds. The highest BCUT2D eigenvalue weighted by Gasteiger charge is 2.29. The van der Waals surface area contributed by atoms with Crippen molar-refractivity contribution < 1.29 is 4.57 Å². The Labute approximate surface area is 149 Å². The summed E-state index contributed by atoms with van der Waals surface area (Å²) in [7, 11) is 0. The fourth-order valence-electron chi connectivity index (χ4n) is 3.22. The minimum Gasteiger partial charge on any atom is -0.222 e.